The SMILES string of the molecule is CC(C)C(CNc1nc(N)nc2ccccc12)C(C)C. The van der Waals surface area contributed by atoms with Crippen LogP contribution in [-0.4, -0.2) is 16.5 Å². The van der Waals surface area contributed by atoms with Crippen molar-refractivity contribution >= 4 is 22.7 Å². The first-order valence-corrected chi connectivity index (χ1v) is 7.25. The summed E-state index contributed by atoms with van der Waals surface area (Å²) >= 11 is 0. The Labute approximate surface area is 120 Å². The van der Waals surface area contributed by atoms with Crippen molar-refractivity contribution in [2.24, 2.45) is 17.8 Å². The summed E-state index contributed by atoms with van der Waals surface area (Å²) in [5.41, 5.74) is 6.67. The zero-order valence-corrected chi connectivity index (χ0v) is 12.7. The first-order chi connectivity index (χ1) is 9.49. The van der Waals surface area contributed by atoms with E-state index in [1.165, 1.54) is 0 Å². The van der Waals surface area contributed by atoms with Crippen LogP contribution in [0.3, 0.4) is 0 Å². The van der Waals surface area contributed by atoms with Crippen LogP contribution in [0.1, 0.15) is 27.7 Å². The van der Waals surface area contributed by atoms with E-state index in [4.69, 9.17) is 5.73 Å². The molecule has 1 aromatic heterocycles. The van der Waals surface area contributed by atoms with E-state index in [0.717, 1.165) is 23.3 Å². The Kier molecular flexibility index (Phi) is 4.42. The molecule has 2 aromatic rings. The fourth-order valence-corrected chi connectivity index (χ4v) is 2.69. The number of nitrogens with two attached hydrogens (primary N) is 1. The second-order valence-corrected chi connectivity index (χ2v) is 5.98. The lowest BCUT2D eigenvalue weighted by Gasteiger charge is -2.25. The van der Waals surface area contributed by atoms with E-state index in [-0.39, 0.29) is 0 Å². The highest BCUT2D eigenvalue weighted by Gasteiger charge is 2.18. The van der Waals surface area contributed by atoms with Crippen molar-refractivity contribution in [1.82, 2.24) is 9.97 Å². The number of aromatic nitrogens is 2. The first kappa shape index (κ1) is 14.6. The van der Waals surface area contributed by atoms with Gasteiger partial charge in [-0.05, 0) is 29.9 Å². The van der Waals surface area contributed by atoms with Crippen molar-refractivity contribution in [2.75, 3.05) is 17.6 Å². The predicted molar refractivity (Wildman–Crippen MR) is 85.6 cm³/mol. The van der Waals surface area contributed by atoms with Gasteiger partial charge in [0.1, 0.15) is 5.82 Å². The molecule has 0 saturated heterocycles. The summed E-state index contributed by atoms with van der Waals surface area (Å²) in [5, 5.41) is 4.48. The molecule has 0 saturated carbocycles. The third kappa shape index (κ3) is 3.18. The molecular weight excluding hydrogens is 248 g/mol. The fraction of sp³-hybridized carbons (Fsp3) is 0.500. The Hall–Kier alpha value is -1.84. The summed E-state index contributed by atoms with van der Waals surface area (Å²) in [6.07, 6.45) is 0. The standard InChI is InChI=1S/C16H24N4/c1-10(2)13(11(3)4)9-18-15-12-7-5-6-8-14(12)19-16(17)20-15/h5-8,10-11,13H,9H2,1-4H3,(H3,17,18,19,20). The molecule has 4 nitrogen and oxygen atoms in total. The van der Waals surface area contributed by atoms with Gasteiger partial charge in [-0.2, -0.15) is 4.98 Å². The van der Waals surface area contributed by atoms with Crippen molar-refractivity contribution < 1.29 is 0 Å². The zero-order chi connectivity index (χ0) is 14.7. The lowest BCUT2D eigenvalue weighted by molar-refractivity contribution is 0.304. The molecule has 4 heteroatoms. The molecule has 0 fully saturated rings. The van der Waals surface area contributed by atoms with Gasteiger partial charge < -0.3 is 11.1 Å². The van der Waals surface area contributed by atoms with Gasteiger partial charge in [0.15, 0.2) is 0 Å². The maximum absolute atomic E-state index is 5.79. The second kappa shape index (κ2) is 6.07. The number of fused-ring (bicyclic) bond motifs is 1. The summed E-state index contributed by atoms with van der Waals surface area (Å²) < 4.78 is 0. The number of hydrogen-bond acceptors (Lipinski definition) is 4. The highest BCUT2D eigenvalue weighted by Crippen LogP contribution is 2.24. The lowest BCUT2D eigenvalue weighted by atomic mass is 9.85. The van der Waals surface area contributed by atoms with E-state index in [1.54, 1.807) is 0 Å². The molecule has 3 N–H and O–H groups in total. The van der Waals surface area contributed by atoms with Crippen LogP contribution in [0.4, 0.5) is 11.8 Å². The zero-order valence-electron chi connectivity index (χ0n) is 12.7. The molecule has 1 aromatic carbocycles. The summed E-state index contributed by atoms with van der Waals surface area (Å²) in [5.74, 6) is 3.02. The molecule has 1 heterocycles. The van der Waals surface area contributed by atoms with Crippen molar-refractivity contribution in [3.05, 3.63) is 24.3 Å². The minimum absolute atomic E-state index is 0.317. The van der Waals surface area contributed by atoms with E-state index < -0.39 is 0 Å². The predicted octanol–water partition coefficient (Wildman–Crippen LogP) is 3.55. The van der Waals surface area contributed by atoms with Crippen molar-refractivity contribution in [1.29, 1.82) is 0 Å². The van der Waals surface area contributed by atoms with Crippen molar-refractivity contribution in [3.63, 3.8) is 0 Å². The summed E-state index contributed by atoms with van der Waals surface area (Å²) in [7, 11) is 0. The number of benzene rings is 1. The number of nitrogens with zero attached hydrogens (tertiary/aromatic N) is 2. The molecule has 20 heavy (non-hydrogen) atoms. The quantitative estimate of drug-likeness (QED) is 0.873. The number of nitrogen functional groups attached to an aromatic ring is 1. The molecule has 0 atom stereocenters. The van der Waals surface area contributed by atoms with Crippen LogP contribution in [0.15, 0.2) is 24.3 Å². The fourth-order valence-electron chi connectivity index (χ4n) is 2.69. The average molecular weight is 272 g/mol. The van der Waals surface area contributed by atoms with Crippen molar-refractivity contribution in [3.8, 4) is 0 Å². The molecule has 0 amide bonds. The first-order valence-electron chi connectivity index (χ1n) is 7.25. The van der Waals surface area contributed by atoms with E-state index >= 15 is 0 Å². The monoisotopic (exact) mass is 272 g/mol. The highest BCUT2D eigenvalue weighted by molar-refractivity contribution is 5.89. The Balaban J connectivity index is 2.25. The Morgan fingerprint density at radius 3 is 2.35 bits per heavy atom. The molecule has 2 rings (SSSR count). The molecule has 0 unspecified atom stereocenters. The van der Waals surface area contributed by atoms with Crippen LogP contribution in [0, 0.1) is 17.8 Å². The van der Waals surface area contributed by atoms with Crippen LogP contribution in [0.2, 0.25) is 0 Å². The number of anilines is 2. The Bertz CT molecular complexity index is 570. The van der Waals surface area contributed by atoms with Gasteiger partial charge in [0.05, 0.1) is 5.52 Å². The smallest absolute Gasteiger partial charge is 0.222 e. The number of hydrogen-bond donors (Lipinski definition) is 2. The van der Waals surface area contributed by atoms with Crippen LogP contribution >= 0.6 is 0 Å². The molecule has 0 radical (unpaired) electrons. The third-order valence-corrected chi connectivity index (χ3v) is 3.84. The van der Waals surface area contributed by atoms with Crippen LogP contribution < -0.4 is 11.1 Å². The number of para-hydroxylation sites is 1. The van der Waals surface area contributed by atoms with E-state index in [0.29, 0.717) is 23.7 Å². The van der Waals surface area contributed by atoms with Crippen LogP contribution in [0.5, 0.6) is 0 Å². The van der Waals surface area contributed by atoms with E-state index in [9.17, 15) is 0 Å². The second-order valence-electron chi connectivity index (χ2n) is 5.98. The number of rotatable bonds is 5. The number of nitrogens with one attached hydrogen (secondary N) is 1. The van der Waals surface area contributed by atoms with Gasteiger partial charge in [0, 0.05) is 11.9 Å². The third-order valence-electron chi connectivity index (χ3n) is 3.84. The Morgan fingerprint density at radius 1 is 1.05 bits per heavy atom. The van der Waals surface area contributed by atoms with Crippen LogP contribution in [0.25, 0.3) is 10.9 Å². The van der Waals surface area contributed by atoms with Gasteiger partial charge in [-0.15, -0.1) is 0 Å². The summed E-state index contributed by atoms with van der Waals surface area (Å²) in [6.45, 7) is 9.95. The molecule has 0 aliphatic carbocycles. The largest absolute Gasteiger partial charge is 0.369 e. The van der Waals surface area contributed by atoms with Gasteiger partial charge >= 0.3 is 0 Å². The Morgan fingerprint density at radius 2 is 1.70 bits per heavy atom. The molecule has 0 aliphatic rings. The minimum atomic E-state index is 0.317. The van der Waals surface area contributed by atoms with Gasteiger partial charge in [-0.1, -0.05) is 39.8 Å². The van der Waals surface area contributed by atoms with Crippen LogP contribution in [-0.2, 0) is 0 Å². The van der Waals surface area contributed by atoms with E-state index in [2.05, 4.69) is 43.0 Å². The molecule has 0 aliphatic heterocycles. The molecule has 0 bridgehead atoms. The lowest BCUT2D eigenvalue weighted by Crippen LogP contribution is -2.25. The molecule has 0 spiro atoms. The summed E-state index contributed by atoms with van der Waals surface area (Å²) in [4.78, 5) is 8.61. The summed E-state index contributed by atoms with van der Waals surface area (Å²) in [6, 6.07) is 7.94. The van der Waals surface area contributed by atoms with Gasteiger partial charge in [0.2, 0.25) is 5.95 Å². The van der Waals surface area contributed by atoms with Crippen molar-refractivity contribution in [2.45, 2.75) is 27.7 Å². The van der Waals surface area contributed by atoms with Gasteiger partial charge in [-0.25, -0.2) is 4.98 Å². The average Bonchev–Trinajstić information content (AvgIpc) is 2.37. The van der Waals surface area contributed by atoms with Gasteiger partial charge in [0.25, 0.3) is 0 Å². The molecule has 108 valence electrons. The maximum Gasteiger partial charge on any atom is 0.222 e. The van der Waals surface area contributed by atoms with E-state index in [1.807, 2.05) is 24.3 Å². The highest BCUT2D eigenvalue weighted by atomic mass is 15.1. The normalized spacial score (nSPS) is 11.8. The maximum atomic E-state index is 5.79. The topological polar surface area (TPSA) is 63.8 Å². The minimum Gasteiger partial charge on any atom is -0.369 e. The molecular formula is C16H24N4. The van der Waals surface area contributed by atoms with Gasteiger partial charge in [-0.3, -0.25) is 0 Å².